The van der Waals surface area contributed by atoms with Crippen molar-refractivity contribution < 1.29 is 14.3 Å². The lowest BCUT2D eigenvalue weighted by molar-refractivity contribution is -0.126. The minimum atomic E-state index is -0.0633. The van der Waals surface area contributed by atoms with Gasteiger partial charge in [-0.15, -0.1) is 0 Å². The maximum atomic E-state index is 11.8. The van der Waals surface area contributed by atoms with E-state index in [1.165, 1.54) is 12.8 Å². The van der Waals surface area contributed by atoms with Crippen molar-refractivity contribution in [1.29, 1.82) is 0 Å². The van der Waals surface area contributed by atoms with Crippen molar-refractivity contribution in [1.82, 2.24) is 10.2 Å². The first-order valence-corrected chi connectivity index (χ1v) is 8.91. The summed E-state index contributed by atoms with van der Waals surface area (Å²) in [5.74, 6) is 1.51. The zero-order chi connectivity index (χ0) is 17.2. The van der Waals surface area contributed by atoms with Gasteiger partial charge in [0.2, 0.25) is 5.91 Å². The van der Waals surface area contributed by atoms with Crippen LogP contribution in [0.5, 0.6) is 5.75 Å². The summed E-state index contributed by atoms with van der Waals surface area (Å²) in [7, 11) is 0. The number of amides is 1. The molecule has 5 nitrogen and oxygen atoms in total. The Labute approximate surface area is 145 Å². The van der Waals surface area contributed by atoms with E-state index in [4.69, 9.17) is 9.47 Å². The van der Waals surface area contributed by atoms with Crippen molar-refractivity contribution in [2.75, 3.05) is 39.5 Å². The zero-order valence-electron chi connectivity index (χ0n) is 14.9. The molecule has 1 aromatic rings. The quantitative estimate of drug-likeness (QED) is 0.704. The van der Waals surface area contributed by atoms with E-state index in [-0.39, 0.29) is 12.5 Å². The van der Waals surface area contributed by atoms with E-state index in [1.807, 2.05) is 30.3 Å². The second-order valence-electron chi connectivity index (χ2n) is 6.61. The topological polar surface area (TPSA) is 50.8 Å². The maximum Gasteiger partial charge on any atom is 0.246 e. The predicted octanol–water partition coefficient (Wildman–Crippen LogP) is 2.32. The minimum absolute atomic E-state index is 0.0633. The first-order valence-electron chi connectivity index (χ1n) is 8.91. The van der Waals surface area contributed by atoms with Crippen molar-refractivity contribution in [2.45, 2.75) is 32.7 Å². The van der Waals surface area contributed by atoms with Gasteiger partial charge < -0.3 is 14.8 Å². The third kappa shape index (κ3) is 6.89. The Balaban J connectivity index is 1.51. The number of ether oxygens (including phenoxy) is 2. The van der Waals surface area contributed by atoms with Crippen LogP contribution >= 0.6 is 0 Å². The monoisotopic (exact) mass is 334 g/mol. The molecule has 0 spiro atoms. The number of rotatable bonds is 9. The summed E-state index contributed by atoms with van der Waals surface area (Å²) in [5.41, 5.74) is 0. The van der Waals surface area contributed by atoms with Gasteiger partial charge in [-0.3, -0.25) is 9.69 Å². The second-order valence-corrected chi connectivity index (χ2v) is 6.61. The molecule has 1 amide bonds. The van der Waals surface area contributed by atoms with Crippen LogP contribution in [0.1, 0.15) is 26.7 Å². The number of carbonyl (C=O) groups excluding carboxylic acids is 1. The van der Waals surface area contributed by atoms with Gasteiger partial charge >= 0.3 is 0 Å². The number of hydrogen-bond acceptors (Lipinski definition) is 4. The Kier molecular flexibility index (Phi) is 8.05. The molecule has 24 heavy (non-hydrogen) atoms. The molecule has 134 valence electrons. The summed E-state index contributed by atoms with van der Waals surface area (Å²) in [4.78, 5) is 14.3. The highest BCUT2D eigenvalue weighted by Gasteiger charge is 2.21. The normalized spacial score (nSPS) is 19.7. The lowest BCUT2D eigenvalue weighted by Gasteiger charge is -2.35. The zero-order valence-corrected chi connectivity index (χ0v) is 14.9. The van der Waals surface area contributed by atoms with E-state index in [0.29, 0.717) is 25.8 Å². The molecule has 0 aliphatic carbocycles. The van der Waals surface area contributed by atoms with Crippen LogP contribution in [-0.2, 0) is 9.53 Å². The van der Waals surface area contributed by atoms with Crippen molar-refractivity contribution >= 4 is 5.91 Å². The van der Waals surface area contributed by atoms with Crippen molar-refractivity contribution in [3.63, 3.8) is 0 Å². The lowest BCUT2D eigenvalue weighted by Crippen LogP contribution is -2.46. The summed E-state index contributed by atoms with van der Waals surface area (Å²) in [6, 6.07) is 9.96. The van der Waals surface area contributed by atoms with Crippen LogP contribution in [0, 0.1) is 5.92 Å². The molecule has 1 N–H and O–H groups in total. The molecule has 5 heteroatoms. The molecule has 1 fully saturated rings. The molecule has 1 heterocycles. The summed E-state index contributed by atoms with van der Waals surface area (Å²) < 4.78 is 10.9. The SMILES string of the molecule is CC1CCCN(C(C)CNC(=O)COCCOc2ccccc2)C1. The second kappa shape index (κ2) is 10.3. The molecule has 2 rings (SSSR count). The molecule has 0 radical (unpaired) electrons. The van der Waals surface area contributed by atoms with Crippen LogP contribution in [0.4, 0.5) is 0 Å². The Morgan fingerprint density at radius 2 is 2.12 bits per heavy atom. The van der Waals surface area contributed by atoms with Gasteiger partial charge in [0.05, 0.1) is 6.61 Å². The lowest BCUT2D eigenvalue weighted by atomic mass is 9.99. The number of hydrogen-bond donors (Lipinski definition) is 1. The number of nitrogens with one attached hydrogen (secondary N) is 1. The number of para-hydroxylation sites is 1. The van der Waals surface area contributed by atoms with Gasteiger partial charge in [-0.2, -0.15) is 0 Å². The van der Waals surface area contributed by atoms with E-state index in [0.717, 1.165) is 24.8 Å². The number of benzene rings is 1. The fourth-order valence-corrected chi connectivity index (χ4v) is 2.97. The molecule has 1 aliphatic heterocycles. The summed E-state index contributed by atoms with van der Waals surface area (Å²) in [5, 5.41) is 2.96. The average molecular weight is 334 g/mol. The van der Waals surface area contributed by atoms with E-state index >= 15 is 0 Å². The molecule has 0 bridgehead atoms. The maximum absolute atomic E-state index is 11.8. The van der Waals surface area contributed by atoms with E-state index in [2.05, 4.69) is 24.1 Å². The molecular weight excluding hydrogens is 304 g/mol. The Hall–Kier alpha value is -1.59. The molecular formula is C19H30N2O3. The number of nitrogens with zero attached hydrogens (tertiary/aromatic N) is 1. The van der Waals surface area contributed by atoms with E-state index in [1.54, 1.807) is 0 Å². The number of piperidine rings is 1. The Morgan fingerprint density at radius 3 is 2.88 bits per heavy atom. The van der Waals surface area contributed by atoms with Crippen LogP contribution < -0.4 is 10.1 Å². The van der Waals surface area contributed by atoms with Crippen LogP contribution in [-0.4, -0.2) is 56.3 Å². The first kappa shape index (κ1) is 18.7. The highest BCUT2D eigenvalue weighted by atomic mass is 16.5. The molecule has 0 saturated carbocycles. The van der Waals surface area contributed by atoms with Crippen LogP contribution in [0.15, 0.2) is 30.3 Å². The van der Waals surface area contributed by atoms with Gasteiger partial charge in [-0.1, -0.05) is 25.1 Å². The van der Waals surface area contributed by atoms with Crippen molar-refractivity contribution in [3.8, 4) is 5.75 Å². The highest BCUT2D eigenvalue weighted by molar-refractivity contribution is 5.77. The molecule has 0 aromatic heterocycles. The summed E-state index contributed by atoms with van der Waals surface area (Å²) in [6.45, 7) is 8.34. The molecule has 2 unspecified atom stereocenters. The fourth-order valence-electron chi connectivity index (χ4n) is 2.97. The molecule has 1 saturated heterocycles. The van der Waals surface area contributed by atoms with Crippen LogP contribution in [0.2, 0.25) is 0 Å². The Morgan fingerprint density at radius 1 is 1.33 bits per heavy atom. The predicted molar refractivity (Wildman–Crippen MR) is 95.2 cm³/mol. The van der Waals surface area contributed by atoms with Crippen LogP contribution in [0.25, 0.3) is 0 Å². The van der Waals surface area contributed by atoms with Gasteiger partial charge in [0, 0.05) is 19.1 Å². The van der Waals surface area contributed by atoms with Crippen molar-refractivity contribution in [2.24, 2.45) is 5.92 Å². The third-order valence-electron chi connectivity index (χ3n) is 4.38. The number of likely N-dealkylation sites (tertiary alicyclic amines) is 1. The van der Waals surface area contributed by atoms with Crippen LogP contribution in [0.3, 0.4) is 0 Å². The van der Waals surface area contributed by atoms with Crippen molar-refractivity contribution in [3.05, 3.63) is 30.3 Å². The highest BCUT2D eigenvalue weighted by Crippen LogP contribution is 2.17. The van der Waals surface area contributed by atoms with Gasteiger partial charge in [-0.05, 0) is 44.4 Å². The first-order chi connectivity index (χ1) is 11.6. The van der Waals surface area contributed by atoms with Gasteiger partial charge in [0.1, 0.15) is 19.0 Å². The minimum Gasteiger partial charge on any atom is -0.491 e. The standard InChI is InChI=1S/C19H30N2O3/c1-16-7-6-10-21(14-16)17(2)13-20-19(22)15-23-11-12-24-18-8-4-3-5-9-18/h3-5,8-9,16-17H,6-7,10-15H2,1-2H3,(H,20,22). The van der Waals surface area contributed by atoms with E-state index in [9.17, 15) is 4.79 Å². The summed E-state index contributed by atoms with van der Waals surface area (Å²) in [6.07, 6.45) is 2.57. The van der Waals surface area contributed by atoms with Gasteiger partial charge in [0.15, 0.2) is 0 Å². The largest absolute Gasteiger partial charge is 0.491 e. The Bertz CT molecular complexity index is 481. The fraction of sp³-hybridized carbons (Fsp3) is 0.632. The van der Waals surface area contributed by atoms with Gasteiger partial charge in [0.25, 0.3) is 0 Å². The molecule has 1 aliphatic rings. The number of carbonyl (C=O) groups is 1. The van der Waals surface area contributed by atoms with E-state index < -0.39 is 0 Å². The third-order valence-corrected chi connectivity index (χ3v) is 4.38. The van der Waals surface area contributed by atoms with Gasteiger partial charge in [-0.25, -0.2) is 0 Å². The summed E-state index contributed by atoms with van der Waals surface area (Å²) >= 11 is 0. The smallest absolute Gasteiger partial charge is 0.246 e. The average Bonchev–Trinajstić information content (AvgIpc) is 2.60. The molecule has 2 atom stereocenters. The molecule has 1 aromatic carbocycles.